The molecule has 2 heterocycles. The van der Waals surface area contributed by atoms with Crippen LogP contribution in [0.3, 0.4) is 0 Å². The zero-order chi connectivity index (χ0) is 23.3. The molecule has 1 amide bonds. The number of carboxylic acids is 1. The van der Waals surface area contributed by atoms with Gasteiger partial charge in [-0.25, -0.2) is 9.18 Å². The quantitative estimate of drug-likeness (QED) is 0.638. The van der Waals surface area contributed by atoms with Gasteiger partial charge in [-0.3, -0.25) is 9.69 Å². The Morgan fingerprint density at radius 3 is 2.38 bits per heavy atom. The molecule has 0 aromatic heterocycles. The highest BCUT2D eigenvalue weighted by Crippen LogP contribution is 2.36. The number of carbonyl (C=O) groups excluding carboxylic acids is 1. The molecular weight excluding hydrogens is 432 g/mol. The number of benzene rings is 1. The lowest BCUT2D eigenvalue weighted by Gasteiger charge is -2.32. The van der Waals surface area contributed by atoms with E-state index in [9.17, 15) is 22.4 Å². The maximum atomic E-state index is 13.1. The number of hydrogen-bond donors (Lipinski definition) is 2. The number of likely N-dealkylation sites (tertiary alicyclic amines) is 1. The second-order valence-corrected chi connectivity index (χ2v) is 8.80. The summed E-state index contributed by atoms with van der Waals surface area (Å²) >= 11 is 0. The van der Waals surface area contributed by atoms with Gasteiger partial charge in [-0.2, -0.15) is 13.2 Å². The van der Waals surface area contributed by atoms with Crippen LogP contribution in [0.4, 0.5) is 17.6 Å². The number of fused-ring (bicyclic) bond motifs is 1. The minimum atomic E-state index is -5.08. The molecule has 6 nitrogen and oxygen atoms in total. The van der Waals surface area contributed by atoms with E-state index in [4.69, 9.17) is 14.6 Å². The molecule has 1 saturated carbocycles. The van der Waals surface area contributed by atoms with Gasteiger partial charge in [0.1, 0.15) is 5.82 Å². The van der Waals surface area contributed by atoms with Gasteiger partial charge in [0, 0.05) is 32.6 Å². The van der Waals surface area contributed by atoms with Crippen LogP contribution in [0.2, 0.25) is 0 Å². The van der Waals surface area contributed by atoms with Gasteiger partial charge < -0.3 is 15.2 Å². The first kappa shape index (κ1) is 24.4. The van der Waals surface area contributed by atoms with Crippen molar-refractivity contribution in [2.24, 2.45) is 23.7 Å². The Kier molecular flexibility index (Phi) is 8.10. The summed E-state index contributed by atoms with van der Waals surface area (Å²) < 4.78 is 50.6. The lowest BCUT2D eigenvalue weighted by molar-refractivity contribution is -0.192. The third-order valence-corrected chi connectivity index (χ3v) is 6.13. The van der Waals surface area contributed by atoms with Crippen molar-refractivity contribution in [1.29, 1.82) is 0 Å². The summed E-state index contributed by atoms with van der Waals surface area (Å²) in [6.45, 7) is 5.19. The van der Waals surface area contributed by atoms with Crippen molar-refractivity contribution in [2.75, 3.05) is 32.8 Å². The first-order chi connectivity index (χ1) is 15.1. The highest BCUT2D eigenvalue weighted by Gasteiger charge is 2.41. The minimum absolute atomic E-state index is 0.179. The van der Waals surface area contributed by atoms with E-state index in [-0.39, 0.29) is 11.7 Å². The summed E-state index contributed by atoms with van der Waals surface area (Å²) in [6.07, 6.45) is -1.98. The molecule has 1 aromatic carbocycles. The van der Waals surface area contributed by atoms with E-state index in [1.54, 1.807) is 0 Å². The Morgan fingerprint density at radius 1 is 1.12 bits per heavy atom. The van der Waals surface area contributed by atoms with Gasteiger partial charge in [0.25, 0.3) is 0 Å². The van der Waals surface area contributed by atoms with Gasteiger partial charge in [-0.1, -0.05) is 12.1 Å². The number of nitrogens with zero attached hydrogens (tertiary/aromatic N) is 1. The third-order valence-electron chi connectivity index (χ3n) is 6.13. The molecule has 2 aliphatic heterocycles. The predicted molar refractivity (Wildman–Crippen MR) is 107 cm³/mol. The molecule has 3 atom stereocenters. The predicted octanol–water partition coefficient (Wildman–Crippen LogP) is 3.07. The van der Waals surface area contributed by atoms with Gasteiger partial charge in [0.05, 0.1) is 13.2 Å². The molecule has 32 heavy (non-hydrogen) atoms. The number of nitrogens with one attached hydrogen (secondary N) is 1. The third kappa shape index (κ3) is 7.44. The van der Waals surface area contributed by atoms with E-state index in [1.165, 1.54) is 25.0 Å². The first-order valence-electron chi connectivity index (χ1n) is 10.7. The van der Waals surface area contributed by atoms with Crippen LogP contribution >= 0.6 is 0 Å². The van der Waals surface area contributed by atoms with Gasteiger partial charge in [-0.05, 0) is 54.2 Å². The SMILES string of the molecule is O=C(C[C@@H]1COC[C@H]2CN(Cc3ccc(F)cc3)C[C@@H]12)NCC1CC1.O=C(O)C(F)(F)F. The van der Waals surface area contributed by atoms with E-state index >= 15 is 0 Å². The average Bonchev–Trinajstić information content (AvgIpc) is 3.46. The fourth-order valence-corrected chi connectivity index (χ4v) is 4.27. The van der Waals surface area contributed by atoms with Gasteiger partial charge >= 0.3 is 12.1 Å². The number of rotatable bonds is 6. The summed E-state index contributed by atoms with van der Waals surface area (Å²) in [5, 5.41) is 10.2. The standard InChI is InChI=1S/C20H27FN2O2.C2HF3O2/c21-18-5-3-15(4-6-18)9-23-10-17-13-25-12-16(19(17)11-23)7-20(24)22-8-14-1-2-14;3-2(4,5)1(6)7/h3-6,14,16-17,19H,1-2,7-13H2,(H,22,24);(H,6,7)/t16-,17-,19+;/m1./s1. The summed E-state index contributed by atoms with van der Waals surface area (Å²) in [4.78, 5) is 23.5. The Bertz CT molecular complexity index is 783. The summed E-state index contributed by atoms with van der Waals surface area (Å²) in [6, 6.07) is 6.76. The Labute approximate surface area is 183 Å². The van der Waals surface area contributed by atoms with Gasteiger partial charge in [-0.15, -0.1) is 0 Å². The molecule has 0 bridgehead atoms. The summed E-state index contributed by atoms with van der Waals surface area (Å²) in [5.74, 6) is -0.695. The molecule has 1 aliphatic carbocycles. The normalized spacial score (nSPS) is 25.4. The van der Waals surface area contributed by atoms with Crippen molar-refractivity contribution in [3.05, 3.63) is 35.6 Å². The number of alkyl halides is 3. The average molecular weight is 460 g/mol. The van der Waals surface area contributed by atoms with Gasteiger partial charge in [0.15, 0.2) is 0 Å². The van der Waals surface area contributed by atoms with E-state index in [2.05, 4.69) is 10.2 Å². The van der Waals surface area contributed by atoms with Crippen LogP contribution in [-0.2, 0) is 20.9 Å². The van der Waals surface area contributed by atoms with Crippen LogP contribution in [-0.4, -0.2) is 60.9 Å². The number of ether oxygens (including phenoxy) is 1. The van der Waals surface area contributed by atoms with E-state index in [0.29, 0.717) is 30.8 Å². The molecule has 1 aromatic rings. The van der Waals surface area contributed by atoms with Crippen molar-refractivity contribution in [1.82, 2.24) is 10.2 Å². The zero-order valence-corrected chi connectivity index (χ0v) is 17.6. The van der Waals surface area contributed by atoms with E-state index in [0.717, 1.165) is 44.3 Å². The van der Waals surface area contributed by atoms with Gasteiger partial charge in [0.2, 0.25) is 5.91 Å². The van der Waals surface area contributed by atoms with Crippen molar-refractivity contribution in [2.45, 2.75) is 32.0 Å². The van der Waals surface area contributed by atoms with Crippen LogP contribution in [0.15, 0.2) is 24.3 Å². The zero-order valence-electron chi connectivity index (χ0n) is 17.6. The molecule has 3 fully saturated rings. The van der Waals surface area contributed by atoms with Crippen LogP contribution in [0, 0.1) is 29.5 Å². The lowest BCUT2D eigenvalue weighted by atomic mass is 9.81. The van der Waals surface area contributed by atoms with E-state index < -0.39 is 12.1 Å². The van der Waals surface area contributed by atoms with Crippen LogP contribution in [0.1, 0.15) is 24.8 Å². The first-order valence-corrected chi connectivity index (χ1v) is 10.7. The molecule has 0 unspecified atom stereocenters. The van der Waals surface area contributed by atoms with Crippen LogP contribution in [0.25, 0.3) is 0 Å². The Morgan fingerprint density at radius 2 is 1.78 bits per heavy atom. The fourth-order valence-electron chi connectivity index (χ4n) is 4.27. The second-order valence-electron chi connectivity index (χ2n) is 8.80. The van der Waals surface area contributed by atoms with Crippen molar-refractivity contribution >= 4 is 11.9 Å². The summed E-state index contributed by atoms with van der Waals surface area (Å²) in [5.41, 5.74) is 1.14. The minimum Gasteiger partial charge on any atom is -0.475 e. The Balaban J connectivity index is 0.000000360. The highest BCUT2D eigenvalue weighted by atomic mass is 19.4. The lowest BCUT2D eigenvalue weighted by Crippen LogP contribution is -2.38. The van der Waals surface area contributed by atoms with Crippen molar-refractivity contribution < 1.29 is 37.0 Å². The Hall–Kier alpha value is -2.20. The largest absolute Gasteiger partial charge is 0.490 e. The maximum Gasteiger partial charge on any atom is 0.490 e. The molecular formula is C22H28F4N2O4. The molecule has 2 saturated heterocycles. The maximum absolute atomic E-state index is 13.1. The molecule has 10 heteroatoms. The fraction of sp³-hybridized carbons (Fsp3) is 0.636. The summed E-state index contributed by atoms with van der Waals surface area (Å²) in [7, 11) is 0. The molecule has 0 spiro atoms. The van der Waals surface area contributed by atoms with Crippen LogP contribution < -0.4 is 5.32 Å². The monoisotopic (exact) mass is 460 g/mol. The van der Waals surface area contributed by atoms with Crippen molar-refractivity contribution in [3.8, 4) is 0 Å². The smallest absolute Gasteiger partial charge is 0.475 e. The van der Waals surface area contributed by atoms with Crippen molar-refractivity contribution in [3.63, 3.8) is 0 Å². The molecule has 2 N–H and O–H groups in total. The second kappa shape index (κ2) is 10.6. The number of amides is 1. The highest BCUT2D eigenvalue weighted by molar-refractivity contribution is 5.76. The number of carbonyl (C=O) groups is 2. The number of halogens is 4. The number of carboxylic acid groups (broad SMARTS) is 1. The molecule has 3 aliphatic rings. The number of aliphatic carboxylic acids is 1. The number of hydrogen-bond acceptors (Lipinski definition) is 4. The topological polar surface area (TPSA) is 78.9 Å². The van der Waals surface area contributed by atoms with Crippen LogP contribution in [0.5, 0.6) is 0 Å². The molecule has 0 radical (unpaired) electrons. The molecule has 178 valence electrons. The van der Waals surface area contributed by atoms with E-state index in [1.807, 2.05) is 12.1 Å². The molecule has 4 rings (SSSR count).